The number of nitrogens with zero attached hydrogens (tertiary/aromatic N) is 3. The molecule has 0 aliphatic carbocycles. The molecule has 0 amide bonds. The van der Waals surface area contributed by atoms with Crippen molar-refractivity contribution >= 4 is 0 Å². The van der Waals surface area contributed by atoms with Crippen molar-refractivity contribution in [2.75, 3.05) is 0 Å². The van der Waals surface area contributed by atoms with E-state index in [2.05, 4.69) is 21.7 Å². The van der Waals surface area contributed by atoms with Crippen LogP contribution in [-0.4, -0.2) is 14.8 Å². The molecule has 1 atom stereocenters. The van der Waals surface area contributed by atoms with E-state index in [1.807, 2.05) is 6.92 Å². The molecule has 3 heteroatoms. The summed E-state index contributed by atoms with van der Waals surface area (Å²) >= 11 is 0. The van der Waals surface area contributed by atoms with Crippen molar-refractivity contribution in [3.05, 3.63) is 11.6 Å². The average molecular weight is 137 g/mol. The number of hydrogen-bond acceptors (Lipinski definition) is 2. The number of rotatable bonds is 0. The van der Waals surface area contributed by atoms with Crippen LogP contribution in [0.15, 0.2) is 0 Å². The van der Waals surface area contributed by atoms with Crippen molar-refractivity contribution in [2.24, 2.45) is 0 Å². The fraction of sp³-hybridized carbons (Fsp3) is 0.714. The number of fused-ring (bicyclic) bond motifs is 1. The molecule has 2 rings (SSSR count). The zero-order valence-electron chi connectivity index (χ0n) is 6.33. The quantitative estimate of drug-likeness (QED) is 0.536. The molecule has 0 saturated carbocycles. The summed E-state index contributed by atoms with van der Waals surface area (Å²) in [7, 11) is 0. The predicted octanol–water partition coefficient (Wildman–Crippen LogP) is 1.09. The van der Waals surface area contributed by atoms with Gasteiger partial charge in [-0.25, -0.2) is 0 Å². The van der Waals surface area contributed by atoms with Crippen LogP contribution >= 0.6 is 0 Å². The minimum atomic E-state index is 0.616. The molecule has 0 aromatic carbocycles. The van der Waals surface area contributed by atoms with Gasteiger partial charge in [0, 0.05) is 12.5 Å². The lowest BCUT2D eigenvalue weighted by Crippen LogP contribution is -2.00. The molecular weight excluding hydrogens is 126 g/mol. The van der Waals surface area contributed by atoms with Crippen molar-refractivity contribution in [3.8, 4) is 0 Å². The fourth-order valence-electron chi connectivity index (χ4n) is 1.62. The highest BCUT2D eigenvalue weighted by molar-refractivity contribution is 5.01. The minimum Gasteiger partial charge on any atom is -0.312 e. The first-order valence-electron chi connectivity index (χ1n) is 3.69. The van der Waals surface area contributed by atoms with Crippen LogP contribution in [0.1, 0.15) is 31.0 Å². The van der Waals surface area contributed by atoms with E-state index in [0.717, 1.165) is 18.1 Å². The lowest BCUT2D eigenvalue weighted by Gasteiger charge is -2.05. The van der Waals surface area contributed by atoms with Crippen molar-refractivity contribution < 1.29 is 0 Å². The summed E-state index contributed by atoms with van der Waals surface area (Å²) in [5.74, 6) is 2.21. The lowest BCUT2D eigenvalue weighted by molar-refractivity contribution is 0.563. The first-order valence-corrected chi connectivity index (χ1v) is 3.69. The normalized spacial score (nSPS) is 23.2. The topological polar surface area (TPSA) is 30.7 Å². The molecule has 1 aromatic heterocycles. The minimum absolute atomic E-state index is 0.616. The van der Waals surface area contributed by atoms with Crippen LogP contribution in [0.4, 0.5) is 0 Å². The van der Waals surface area contributed by atoms with Crippen molar-refractivity contribution in [1.82, 2.24) is 14.8 Å². The van der Waals surface area contributed by atoms with Gasteiger partial charge in [-0.1, -0.05) is 0 Å². The summed E-state index contributed by atoms with van der Waals surface area (Å²) in [6.45, 7) is 4.23. The SMILES string of the molecule is Cc1nnc2n1[C@H](C)CC2. The van der Waals surface area contributed by atoms with Gasteiger partial charge in [-0.15, -0.1) is 10.2 Å². The van der Waals surface area contributed by atoms with Crippen LogP contribution in [0.5, 0.6) is 0 Å². The van der Waals surface area contributed by atoms with Crippen LogP contribution in [0.3, 0.4) is 0 Å². The third-order valence-electron chi connectivity index (χ3n) is 2.16. The Hall–Kier alpha value is -0.860. The van der Waals surface area contributed by atoms with E-state index < -0.39 is 0 Å². The molecule has 0 fully saturated rings. The molecule has 0 bridgehead atoms. The second-order valence-corrected chi connectivity index (χ2v) is 2.92. The third kappa shape index (κ3) is 0.602. The summed E-state index contributed by atoms with van der Waals surface area (Å²) in [5, 5.41) is 8.06. The highest BCUT2D eigenvalue weighted by Gasteiger charge is 2.20. The van der Waals surface area contributed by atoms with Gasteiger partial charge < -0.3 is 4.57 Å². The highest BCUT2D eigenvalue weighted by atomic mass is 15.3. The zero-order chi connectivity index (χ0) is 7.14. The van der Waals surface area contributed by atoms with E-state index in [4.69, 9.17) is 0 Å². The molecule has 54 valence electrons. The fourth-order valence-corrected chi connectivity index (χ4v) is 1.62. The van der Waals surface area contributed by atoms with Gasteiger partial charge in [-0.2, -0.15) is 0 Å². The van der Waals surface area contributed by atoms with Gasteiger partial charge in [0.2, 0.25) is 0 Å². The largest absolute Gasteiger partial charge is 0.312 e. The maximum absolute atomic E-state index is 4.06. The second-order valence-electron chi connectivity index (χ2n) is 2.92. The molecule has 1 aliphatic heterocycles. The van der Waals surface area contributed by atoms with Crippen molar-refractivity contribution in [3.63, 3.8) is 0 Å². The van der Waals surface area contributed by atoms with E-state index in [0.29, 0.717) is 6.04 Å². The van der Waals surface area contributed by atoms with E-state index in [1.165, 1.54) is 6.42 Å². The number of hydrogen-bond donors (Lipinski definition) is 0. The Kier molecular flexibility index (Phi) is 1.07. The van der Waals surface area contributed by atoms with E-state index >= 15 is 0 Å². The maximum Gasteiger partial charge on any atom is 0.133 e. The van der Waals surface area contributed by atoms with Gasteiger partial charge in [-0.3, -0.25) is 0 Å². The second kappa shape index (κ2) is 1.81. The molecule has 0 spiro atoms. The smallest absolute Gasteiger partial charge is 0.133 e. The van der Waals surface area contributed by atoms with E-state index in [1.54, 1.807) is 0 Å². The maximum atomic E-state index is 4.06. The summed E-state index contributed by atoms with van der Waals surface area (Å²) in [4.78, 5) is 0. The molecule has 10 heavy (non-hydrogen) atoms. The zero-order valence-corrected chi connectivity index (χ0v) is 6.33. The molecule has 1 aliphatic rings. The van der Waals surface area contributed by atoms with Gasteiger partial charge in [-0.05, 0) is 20.3 Å². The monoisotopic (exact) mass is 137 g/mol. The molecule has 1 aromatic rings. The standard InChI is InChI=1S/C7H11N3/c1-5-3-4-7-9-8-6(2)10(5)7/h5H,3-4H2,1-2H3/t5-/m1/s1. The van der Waals surface area contributed by atoms with Gasteiger partial charge in [0.1, 0.15) is 11.6 Å². The summed E-state index contributed by atoms with van der Waals surface area (Å²) in [6.07, 6.45) is 2.33. The lowest BCUT2D eigenvalue weighted by atomic mass is 10.2. The first kappa shape index (κ1) is 5.89. The Morgan fingerprint density at radius 1 is 1.50 bits per heavy atom. The third-order valence-corrected chi connectivity index (χ3v) is 2.16. The van der Waals surface area contributed by atoms with Crippen molar-refractivity contribution in [2.45, 2.75) is 32.7 Å². The predicted molar refractivity (Wildman–Crippen MR) is 37.8 cm³/mol. The van der Waals surface area contributed by atoms with Gasteiger partial charge >= 0.3 is 0 Å². The van der Waals surface area contributed by atoms with Crippen LogP contribution < -0.4 is 0 Å². The van der Waals surface area contributed by atoms with Crippen LogP contribution in [0.25, 0.3) is 0 Å². The highest BCUT2D eigenvalue weighted by Crippen LogP contribution is 2.24. The molecule has 2 heterocycles. The van der Waals surface area contributed by atoms with Gasteiger partial charge in [0.25, 0.3) is 0 Å². The molecule has 0 radical (unpaired) electrons. The Morgan fingerprint density at radius 2 is 2.30 bits per heavy atom. The van der Waals surface area contributed by atoms with E-state index in [9.17, 15) is 0 Å². The average Bonchev–Trinajstić information content (AvgIpc) is 2.40. The molecule has 0 N–H and O–H groups in total. The summed E-state index contributed by atoms with van der Waals surface area (Å²) in [6, 6.07) is 0.616. The Balaban J connectivity index is 2.54. The summed E-state index contributed by atoms with van der Waals surface area (Å²) < 4.78 is 2.22. The number of aromatic nitrogens is 3. The Bertz CT molecular complexity index is 251. The van der Waals surface area contributed by atoms with Gasteiger partial charge in [0.15, 0.2) is 0 Å². The molecule has 0 unspecified atom stereocenters. The van der Waals surface area contributed by atoms with Crippen LogP contribution in [0, 0.1) is 6.92 Å². The Morgan fingerprint density at radius 3 is 3.00 bits per heavy atom. The number of aryl methyl sites for hydroxylation is 2. The van der Waals surface area contributed by atoms with Crippen molar-refractivity contribution in [1.29, 1.82) is 0 Å². The summed E-state index contributed by atoms with van der Waals surface area (Å²) in [5.41, 5.74) is 0. The molecule has 3 nitrogen and oxygen atoms in total. The Labute approximate surface area is 60.1 Å². The van der Waals surface area contributed by atoms with Gasteiger partial charge in [0.05, 0.1) is 0 Å². The molecule has 0 saturated heterocycles. The van der Waals surface area contributed by atoms with Crippen LogP contribution in [-0.2, 0) is 6.42 Å². The van der Waals surface area contributed by atoms with Crippen LogP contribution in [0.2, 0.25) is 0 Å². The molecular formula is C7H11N3. The van der Waals surface area contributed by atoms with E-state index in [-0.39, 0.29) is 0 Å². The first-order chi connectivity index (χ1) is 4.79.